The van der Waals surface area contributed by atoms with Gasteiger partial charge in [0.25, 0.3) is 0 Å². The van der Waals surface area contributed by atoms with E-state index in [0.717, 1.165) is 5.56 Å². The predicted octanol–water partition coefficient (Wildman–Crippen LogP) is 2.83. The summed E-state index contributed by atoms with van der Waals surface area (Å²) in [6.07, 6.45) is 1.59. The van der Waals surface area contributed by atoms with Gasteiger partial charge in [0.05, 0.1) is 6.04 Å². The van der Waals surface area contributed by atoms with Gasteiger partial charge in [0.2, 0.25) is 0 Å². The van der Waals surface area contributed by atoms with Crippen molar-refractivity contribution in [3.05, 3.63) is 54.2 Å². The van der Waals surface area contributed by atoms with E-state index in [4.69, 9.17) is 12.2 Å². The number of nitrogens with one attached hydrogen (secondary N) is 2. The summed E-state index contributed by atoms with van der Waals surface area (Å²) in [5.74, 6) is 0.416. The van der Waals surface area contributed by atoms with Crippen molar-refractivity contribution in [2.75, 3.05) is 5.32 Å². The van der Waals surface area contributed by atoms with Crippen LogP contribution in [-0.2, 0) is 0 Å². The second kappa shape index (κ2) is 6.15. The van der Waals surface area contributed by atoms with Gasteiger partial charge in [0.15, 0.2) is 16.7 Å². The Balaban J connectivity index is 1.97. The van der Waals surface area contributed by atoms with E-state index in [1.54, 1.807) is 18.3 Å². The van der Waals surface area contributed by atoms with Crippen LogP contribution in [0.25, 0.3) is 0 Å². The first-order valence-corrected chi connectivity index (χ1v) is 6.34. The summed E-state index contributed by atoms with van der Waals surface area (Å²) < 4.78 is 0. The van der Waals surface area contributed by atoms with Crippen LogP contribution >= 0.6 is 12.2 Å². The normalized spacial score (nSPS) is 11.6. The maximum atomic E-state index is 9.60. The summed E-state index contributed by atoms with van der Waals surface area (Å²) in [7, 11) is 0. The number of thiocarbonyl (C=S) groups is 1. The number of pyridine rings is 1. The lowest BCUT2D eigenvalue weighted by atomic mass is 10.1. The third-order valence-electron chi connectivity index (χ3n) is 2.67. The number of nitrogens with zero attached hydrogens (tertiary/aromatic N) is 1. The minimum absolute atomic E-state index is 0.0685. The Morgan fingerprint density at radius 2 is 1.95 bits per heavy atom. The highest BCUT2D eigenvalue weighted by atomic mass is 32.1. The number of rotatable bonds is 3. The molecule has 2 rings (SSSR count). The molecule has 0 spiro atoms. The Hall–Kier alpha value is -2.14. The SMILES string of the molecule is C[C@H](NC(=S)Nc1ncccc1O)c1ccccc1. The summed E-state index contributed by atoms with van der Waals surface area (Å²) in [5.41, 5.74) is 1.14. The molecule has 0 amide bonds. The Kier molecular flexibility index (Phi) is 4.30. The van der Waals surface area contributed by atoms with Crippen LogP contribution in [0.1, 0.15) is 18.5 Å². The molecule has 4 nitrogen and oxygen atoms in total. The Bertz CT molecular complexity index is 560. The standard InChI is InChI=1S/C14H15N3OS/c1-10(11-6-3-2-4-7-11)16-14(19)17-13-12(18)8-5-9-15-13/h2-10,18H,1H3,(H2,15,16,17,19)/t10-/m0/s1. The molecule has 0 bridgehead atoms. The topological polar surface area (TPSA) is 57.2 Å². The van der Waals surface area contributed by atoms with Crippen LogP contribution in [0.5, 0.6) is 5.75 Å². The number of aromatic hydroxyl groups is 1. The predicted molar refractivity (Wildman–Crippen MR) is 80.1 cm³/mol. The van der Waals surface area contributed by atoms with E-state index in [-0.39, 0.29) is 11.8 Å². The number of hydrogen-bond acceptors (Lipinski definition) is 3. The van der Waals surface area contributed by atoms with Gasteiger partial charge >= 0.3 is 0 Å². The first-order chi connectivity index (χ1) is 9.16. The molecule has 3 N–H and O–H groups in total. The van der Waals surface area contributed by atoms with Crippen molar-refractivity contribution in [2.24, 2.45) is 0 Å². The summed E-state index contributed by atoms with van der Waals surface area (Å²) >= 11 is 5.20. The molecule has 1 heterocycles. The molecule has 5 heteroatoms. The second-order valence-electron chi connectivity index (χ2n) is 4.10. The van der Waals surface area contributed by atoms with E-state index in [2.05, 4.69) is 15.6 Å². The lowest BCUT2D eigenvalue weighted by molar-refractivity contribution is 0.475. The summed E-state index contributed by atoms with van der Waals surface area (Å²) in [6.45, 7) is 2.02. The van der Waals surface area contributed by atoms with E-state index in [1.165, 1.54) is 0 Å². The molecular weight excluding hydrogens is 258 g/mol. The summed E-state index contributed by atoms with van der Waals surface area (Å²) in [4.78, 5) is 4.01. The minimum Gasteiger partial charge on any atom is -0.504 e. The molecule has 98 valence electrons. The maximum Gasteiger partial charge on any atom is 0.174 e. The fraction of sp³-hybridized carbons (Fsp3) is 0.143. The van der Waals surface area contributed by atoms with Crippen molar-refractivity contribution < 1.29 is 5.11 Å². The number of aromatic nitrogens is 1. The molecule has 1 aromatic heterocycles. The zero-order valence-electron chi connectivity index (χ0n) is 10.5. The van der Waals surface area contributed by atoms with Crippen molar-refractivity contribution in [3.63, 3.8) is 0 Å². The molecule has 1 atom stereocenters. The van der Waals surface area contributed by atoms with Crippen molar-refractivity contribution in [1.82, 2.24) is 10.3 Å². The molecule has 1 aromatic carbocycles. The second-order valence-corrected chi connectivity index (χ2v) is 4.51. The Morgan fingerprint density at radius 3 is 2.63 bits per heavy atom. The van der Waals surface area contributed by atoms with Crippen molar-refractivity contribution in [2.45, 2.75) is 13.0 Å². The average molecular weight is 273 g/mol. The van der Waals surface area contributed by atoms with Gasteiger partial charge in [0.1, 0.15) is 0 Å². The van der Waals surface area contributed by atoms with E-state index in [0.29, 0.717) is 10.9 Å². The van der Waals surface area contributed by atoms with Gasteiger partial charge in [-0.1, -0.05) is 30.3 Å². The van der Waals surface area contributed by atoms with Crippen LogP contribution in [0.4, 0.5) is 5.82 Å². The minimum atomic E-state index is 0.0685. The van der Waals surface area contributed by atoms with Crippen molar-refractivity contribution >= 4 is 23.1 Å². The lowest BCUT2D eigenvalue weighted by Gasteiger charge is -2.17. The number of benzene rings is 1. The van der Waals surface area contributed by atoms with Crippen LogP contribution in [0.15, 0.2) is 48.7 Å². The molecule has 2 aromatic rings. The molecule has 0 aliphatic heterocycles. The van der Waals surface area contributed by atoms with Crippen molar-refractivity contribution in [1.29, 1.82) is 0 Å². The molecule has 0 saturated carbocycles. The van der Waals surface area contributed by atoms with Crippen LogP contribution < -0.4 is 10.6 Å². The molecule has 0 fully saturated rings. The highest BCUT2D eigenvalue weighted by Gasteiger charge is 2.08. The zero-order chi connectivity index (χ0) is 13.7. The first-order valence-electron chi connectivity index (χ1n) is 5.93. The monoisotopic (exact) mass is 273 g/mol. The van der Waals surface area contributed by atoms with Gasteiger partial charge in [0, 0.05) is 6.20 Å². The first kappa shape index (κ1) is 13.3. The number of hydrogen-bond donors (Lipinski definition) is 3. The Labute approximate surface area is 117 Å². The zero-order valence-corrected chi connectivity index (χ0v) is 11.3. The number of anilines is 1. The fourth-order valence-corrected chi connectivity index (χ4v) is 1.93. The molecule has 19 heavy (non-hydrogen) atoms. The van der Waals surface area contributed by atoms with Crippen molar-refractivity contribution in [3.8, 4) is 5.75 Å². The molecular formula is C14H15N3OS. The van der Waals surface area contributed by atoms with E-state index < -0.39 is 0 Å². The fourth-order valence-electron chi connectivity index (χ4n) is 1.66. The van der Waals surface area contributed by atoms with Gasteiger partial charge < -0.3 is 15.7 Å². The van der Waals surface area contributed by atoms with Crippen LogP contribution in [0.3, 0.4) is 0 Å². The summed E-state index contributed by atoms with van der Waals surface area (Å²) in [6, 6.07) is 13.3. The van der Waals surface area contributed by atoms with Crippen LogP contribution in [0, 0.1) is 0 Å². The molecule has 0 radical (unpaired) electrons. The smallest absolute Gasteiger partial charge is 0.174 e. The third kappa shape index (κ3) is 3.66. The van der Waals surface area contributed by atoms with Gasteiger partial charge in [-0.25, -0.2) is 4.98 Å². The molecule has 0 unspecified atom stereocenters. The van der Waals surface area contributed by atoms with Gasteiger partial charge in [-0.15, -0.1) is 0 Å². The average Bonchev–Trinajstić information content (AvgIpc) is 2.42. The molecule has 0 aliphatic rings. The third-order valence-corrected chi connectivity index (χ3v) is 2.89. The van der Waals surface area contributed by atoms with E-state index in [1.807, 2.05) is 37.3 Å². The largest absolute Gasteiger partial charge is 0.504 e. The van der Waals surface area contributed by atoms with E-state index in [9.17, 15) is 5.11 Å². The summed E-state index contributed by atoms with van der Waals surface area (Å²) in [5, 5.41) is 16.0. The highest BCUT2D eigenvalue weighted by Crippen LogP contribution is 2.18. The van der Waals surface area contributed by atoms with Crippen LogP contribution in [0.2, 0.25) is 0 Å². The highest BCUT2D eigenvalue weighted by molar-refractivity contribution is 7.80. The van der Waals surface area contributed by atoms with Gasteiger partial charge in [-0.05, 0) is 36.8 Å². The molecule has 0 saturated heterocycles. The lowest BCUT2D eigenvalue weighted by Crippen LogP contribution is -2.31. The van der Waals surface area contributed by atoms with E-state index >= 15 is 0 Å². The van der Waals surface area contributed by atoms with Gasteiger partial charge in [-0.2, -0.15) is 0 Å². The Morgan fingerprint density at radius 1 is 1.21 bits per heavy atom. The van der Waals surface area contributed by atoms with Crippen LogP contribution in [-0.4, -0.2) is 15.2 Å². The van der Waals surface area contributed by atoms with Gasteiger partial charge in [-0.3, -0.25) is 0 Å². The maximum absolute atomic E-state index is 9.60. The molecule has 0 aliphatic carbocycles. The quantitative estimate of drug-likeness (QED) is 0.751.